The van der Waals surface area contributed by atoms with Gasteiger partial charge in [0.1, 0.15) is 12.6 Å². The van der Waals surface area contributed by atoms with Crippen LogP contribution in [0.2, 0.25) is 0 Å². The Morgan fingerprint density at radius 1 is 1.23 bits per heavy atom. The lowest BCUT2D eigenvalue weighted by Crippen LogP contribution is -2.49. The van der Waals surface area contributed by atoms with Crippen LogP contribution in [0, 0.1) is 0 Å². The van der Waals surface area contributed by atoms with Gasteiger partial charge in [-0.2, -0.15) is 0 Å². The summed E-state index contributed by atoms with van der Waals surface area (Å²) in [5.74, 6) is -1.68. The van der Waals surface area contributed by atoms with Crippen molar-refractivity contribution in [1.29, 1.82) is 0 Å². The minimum atomic E-state index is -0.942. The zero-order valence-corrected chi connectivity index (χ0v) is 12.5. The molecule has 0 aliphatic carbocycles. The highest BCUT2D eigenvalue weighted by molar-refractivity contribution is 5.89. The molecule has 2 amide bonds. The van der Waals surface area contributed by atoms with Gasteiger partial charge in [-0.3, -0.25) is 14.4 Å². The Morgan fingerprint density at radius 3 is 2.41 bits per heavy atom. The standard InChI is InChI=1S/C15H21N3O4/c1-10(16)15(21)18-12(14(17)20)7-8-13(19)22-9-11-5-3-2-4-6-11/h2-6,10,12H,7-9,16H2,1H3,(H2,17,20)(H,18,21)/t10-,12-/m1/s1. The number of carbonyl (C=O) groups is 3. The normalized spacial score (nSPS) is 13.0. The van der Waals surface area contributed by atoms with E-state index in [1.807, 2.05) is 30.3 Å². The minimum absolute atomic E-state index is 0.0281. The molecule has 7 nitrogen and oxygen atoms in total. The summed E-state index contributed by atoms with van der Waals surface area (Å²) < 4.78 is 5.08. The van der Waals surface area contributed by atoms with Crippen molar-refractivity contribution in [2.24, 2.45) is 11.5 Å². The van der Waals surface area contributed by atoms with E-state index in [4.69, 9.17) is 16.2 Å². The fourth-order valence-electron chi connectivity index (χ4n) is 1.66. The van der Waals surface area contributed by atoms with Crippen molar-refractivity contribution in [1.82, 2.24) is 5.32 Å². The van der Waals surface area contributed by atoms with E-state index in [0.29, 0.717) is 0 Å². The Labute approximate surface area is 129 Å². The Hall–Kier alpha value is -2.41. The van der Waals surface area contributed by atoms with Crippen molar-refractivity contribution in [3.63, 3.8) is 0 Å². The van der Waals surface area contributed by atoms with E-state index < -0.39 is 29.9 Å². The van der Waals surface area contributed by atoms with Gasteiger partial charge in [-0.05, 0) is 18.9 Å². The van der Waals surface area contributed by atoms with E-state index in [9.17, 15) is 14.4 Å². The highest BCUT2D eigenvalue weighted by Gasteiger charge is 2.21. The summed E-state index contributed by atoms with van der Waals surface area (Å²) in [5, 5.41) is 2.40. The number of amides is 2. The second-order valence-electron chi connectivity index (χ2n) is 4.94. The molecule has 1 aromatic rings. The van der Waals surface area contributed by atoms with Crippen molar-refractivity contribution in [3.8, 4) is 0 Å². The number of carbonyl (C=O) groups excluding carboxylic acids is 3. The molecule has 0 aliphatic heterocycles. The fraction of sp³-hybridized carbons (Fsp3) is 0.400. The zero-order chi connectivity index (χ0) is 16.5. The van der Waals surface area contributed by atoms with Crippen molar-refractivity contribution in [2.45, 2.75) is 38.5 Å². The van der Waals surface area contributed by atoms with E-state index in [-0.39, 0.29) is 19.4 Å². The van der Waals surface area contributed by atoms with Gasteiger partial charge in [0, 0.05) is 6.42 Å². The van der Waals surface area contributed by atoms with Gasteiger partial charge >= 0.3 is 5.97 Å². The molecule has 0 spiro atoms. The molecule has 2 atom stereocenters. The number of esters is 1. The molecule has 0 fully saturated rings. The van der Waals surface area contributed by atoms with Crippen molar-refractivity contribution < 1.29 is 19.1 Å². The SMILES string of the molecule is C[C@@H](N)C(=O)N[C@H](CCC(=O)OCc1ccccc1)C(N)=O. The summed E-state index contributed by atoms with van der Waals surface area (Å²) in [6.07, 6.45) is 0.0427. The van der Waals surface area contributed by atoms with Crippen LogP contribution in [0.3, 0.4) is 0 Å². The van der Waals surface area contributed by atoms with Crippen LogP contribution in [-0.2, 0) is 25.7 Å². The lowest BCUT2D eigenvalue weighted by molar-refractivity contribution is -0.145. The van der Waals surface area contributed by atoms with Crippen LogP contribution in [-0.4, -0.2) is 29.9 Å². The lowest BCUT2D eigenvalue weighted by atomic mass is 10.1. The fourth-order valence-corrected chi connectivity index (χ4v) is 1.66. The van der Waals surface area contributed by atoms with Gasteiger partial charge in [0.15, 0.2) is 0 Å². The van der Waals surface area contributed by atoms with E-state index in [1.54, 1.807) is 0 Å². The number of ether oxygens (including phenoxy) is 1. The monoisotopic (exact) mass is 307 g/mol. The maximum Gasteiger partial charge on any atom is 0.306 e. The first-order valence-corrected chi connectivity index (χ1v) is 6.95. The summed E-state index contributed by atoms with van der Waals surface area (Å²) >= 11 is 0. The molecule has 0 heterocycles. The second-order valence-corrected chi connectivity index (χ2v) is 4.94. The topological polar surface area (TPSA) is 125 Å². The van der Waals surface area contributed by atoms with Gasteiger partial charge in [0.2, 0.25) is 11.8 Å². The molecule has 0 aromatic heterocycles. The molecular weight excluding hydrogens is 286 g/mol. The number of hydrogen-bond donors (Lipinski definition) is 3. The molecule has 0 unspecified atom stereocenters. The number of nitrogens with one attached hydrogen (secondary N) is 1. The smallest absolute Gasteiger partial charge is 0.306 e. The molecule has 5 N–H and O–H groups in total. The number of nitrogens with two attached hydrogens (primary N) is 2. The average Bonchev–Trinajstić information content (AvgIpc) is 2.49. The van der Waals surface area contributed by atoms with Crippen LogP contribution < -0.4 is 16.8 Å². The van der Waals surface area contributed by atoms with Crippen molar-refractivity contribution in [3.05, 3.63) is 35.9 Å². The Balaban J connectivity index is 2.39. The molecule has 0 saturated heterocycles. The average molecular weight is 307 g/mol. The number of hydrogen-bond acceptors (Lipinski definition) is 5. The molecule has 120 valence electrons. The molecule has 0 bridgehead atoms. The first-order chi connectivity index (χ1) is 10.4. The van der Waals surface area contributed by atoms with E-state index >= 15 is 0 Å². The summed E-state index contributed by atoms with van der Waals surface area (Å²) in [7, 11) is 0. The van der Waals surface area contributed by atoms with Gasteiger partial charge < -0.3 is 21.5 Å². The molecule has 7 heteroatoms. The van der Waals surface area contributed by atoms with Crippen LogP contribution in [0.25, 0.3) is 0 Å². The van der Waals surface area contributed by atoms with Gasteiger partial charge in [-0.25, -0.2) is 0 Å². The largest absolute Gasteiger partial charge is 0.461 e. The molecule has 22 heavy (non-hydrogen) atoms. The molecule has 1 aromatic carbocycles. The molecule has 1 rings (SSSR count). The second kappa shape index (κ2) is 8.78. The first-order valence-electron chi connectivity index (χ1n) is 6.95. The van der Waals surface area contributed by atoms with E-state index in [0.717, 1.165) is 5.56 Å². The van der Waals surface area contributed by atoms with Gasteiger partial charge in [0.05, 0.1) is 6.04 Å². The highest BCUT2D eigenvalue weighted by atomic mass is 16.5. The van der Waals surface area contributed by atoms with Crippen LogP contribution in [0.15, 0.2) is 30.3 Å². The van der Waals surface area contributed by atoms with Crippen molar-refractivity contribution in [2.75, 3.05) is 0 Å². The number of rotatable bonds is 8. The van der Waals surface area contributed by atoms with Crippen LogP contribution >= 0.6 is 0 Å². The maximum absolute atomic E-state index is 11.7. The van der Waals surface area contributed by atoms with Gasteiger partial charge in [0.25, 0.3) is 0 Å². The predicted octanol–water partition coefficient (Wildman–Crippen LogP) is -0.173. The van der Waals surface area contributed by atoms with Gasteiger partial charge in [-0.1, -0.05) is 30.3 Å². The molecule has 0 aliphatic rings. The van der Waals surface area contributed by atoms with Crippen LogP contribution in [0.4, 0.5) is 0 Å². The van der Waals surface area contributed by atoms with Crippen molar-refractivity contribution >= 4 is 17.8 Å². The van der Waals surface area contributed by atoms with Gasteiger partial charge in [-0.15, -0.1) is 0 Å². The quantitative estimate of drug-likeness (QED) is 0.575. The maximum atomic E-state index is 11.7. The third-order valence-corrected chi connectivity index (χ3v) is 2.95. The molecule has 0 radical (unpaired) electrons. The highest BCUT2D eigenvalue weighted by Crippen LogP contribution is 2.04. The predicted molar refractivity (Wildman–Crippen MR) is 80.2 cm³/mol. The zero-order valence-electron chi connectivity index (χ0n) is 12.5. The molecular formula is C15H21N3O4. The van der Waals surface area contributed by atoms with Crippen LogP contribution in [0.5, 0.6) is 0 Å². The summed E-state index contributed by atoms with van der Waals surface area (Å²) in [5.41, 5.74) is 11.5. The minimum Gasteiger partial charge on any atom is -0.461 e. The Kier molecular flexibility index (Phi) is 7.04. The Bertz CT molecular complexity index is 517. The summed E-state index contributed by atoms with van der Waals surface area (Å²) in [4.78, 5) is 34.4. The first kappa shape index (κ1) is 17.6. The molecule has 0 saturated carbocycles. The third-order valence-electron chi connectivity index (χ3n) is 2.95. The Morgan fingerprint density at radius 2 is 1.86 bits per heavy atom. The van der Waals surface area contributed by atoms with E-state index in [1.165, 1.54) is 6.92 Å². The third kappa shape index (κ3) is 6.36. The number of primary amides is 1. The van der Waals surface area contributed by atoms with E-state index in [2.05, 4.69) is 5.32 Å². The summed E-state index contributed by atoms with van der Waals surface area (Å²) in [6.45, 7) is 1.65. The van der Waals surface area contributed by atoms with Crippen LogP contribution in [0.1, 0.15) is 25.3 Å². The number of benzene rings is 1. The lowest BCUT2D eigenvalue weighted by Gasteiger charge is -2.16. The summed E-state index contributed by atoms with van der Waals surface area (Å²) in [6, 6.07) is 7.52.